The zero-order chi connectivity index (χ0) is 23.9. The summed E-state index contributed by atoms with van der Waals surface area (Å²) in [5.41, 5.74) is -0.620. The standard InChI is InChI=1S/C23H20F3NO6/c1-12(2)27-10-16-17(31-11-27)9-8-15-18(28)20(21(23(24,25)26)33-19(15)16)32-14-6-4-13(5-7-14)22(29)30-3/h4-9,12H,10-11H2,1-3H3. The normalized spacial score (nSPS) is 14.2. The van der Waals surface area contributed by atoms with Gasteiger partial charge in [-0.3, -0.25) is 9.69 Å². The molecule has 174 valence electrons. The van der Waals surface area contributed by atoms with Crippen LogP contribution in [-0.2, 0) is 17.5 Å². The summed E-state index contributed by atoms with van der Waals surface area (Å²) in [4.78, 5) is 26.6. The highest BCUT2D eigenvalue weighted by molar-refractivity contribution is 5.89. The molecule has 0 spiro atoms. The molecule has 0 unspecified atom stereocenters. The maximum Gasteiger partial charge on any atom is 0.453 e. The van der Waals surface area contributed by atoms with Gasteiger partial charge in [-0.2, -0.15) is 13.2 Å². The summed E-state index contributed by atoms with van der Waals surface area (Å²) in [6.07, 6.45) is -5.00. The van der Waals surface area contributed by atoms with E-state index in [0.29, 0.717) is 11.3 Å². The average molecular weight is 463 g/mol. The number of hydrogen-bond donors (Lipinski definition) is 0. The molecule has 1 aliphatic rings. The van der Waals surface area contributed by atoms with E-state index in [1.165, 1.54) is 43.5 Å². The number of hydrogen-bond acceptors (Lipinski definition) is 7. The molecule has 0 N–H and O–H groups in total. The van der Waals surface area contributed by atoms with E-state index in [1.807, 2.05) is 18.7 Å². The summed E-state index contributed by atoms with van der Waals surface area (Å²) < 4.78 is 62.5. The fourth-order valence-electron chi connectivity index (χ4n) is 3.47. The first-order valence-electron chi connectivity index (χ1n) is 10.0. The van der Waals surface area contributed by atoms with Crippen LogP contribution in [0.2, 0.25) is 0 Å². The zero-order valence-electron chi connectivity index (χ0n) is 18.0. The number of carbonyl (C=O) groups excluding carboxylic acids is 1. The highest BCUT2D eigenvalue weighted by Gasteiger charge is 2.41. The van der Waals surface area contributed by atoms with E-state index in [0.717, 1.165) is 0 Å². The number of carbonyl (C=O) groups is 1. The topological polar surface area (TPSA) is 78.2 Å². The van der Waals surface area contributed by atoms with E-state index < -0.39 is 29.1 Å². The number of rotatable bonds is 4. The van der Waals surface area contributed by atoms with Crippen LogP contribution in [0.4, 0.5) is 13.2 Å². The van der Waals surface area contributed by atoms with Crippen molar-refractivity contribution in [1.29, 1.82) is 0 Å². The van der Waals surface area contributed by atoms with Crippen LogP contribution >= 0.6 is 0 Å². The number of halogens is 3. The third-order valence-corrected chi connectivity index (χ3v) is 5.31. The van der Waals surface area contributed by atoms with Crippen LogP contribution in [0.3, 0.4) is 0 Å². The number of esters is 1. The second-order valence-corrected chi connectivity index (χ2v) is 7.74. The minimum absolute atomic E-state index is 0.0582. The Morgan fingerprint density at radius 3 is 2.42 bits per heavy atom. The Bertz CT molecular complexity index is 1260. The SMILES string of the molecule is COC(=O)c1ccc(Oc2c(C(F)(F)F)oc3c4c(ccc3c2=O)OCN(C(C)C)C4)cc1. The Balaban J connectivity index is 1.84. The maximum absolute atomic E-state index is 13.9. The van der Waals surface area contributed by atoms with E-state index in [4.69, 9.17) is 13.9 Å². The number of benzene rings is 2. The minimum Gasteiger partial charge on any atom is -0.478 e. The van der Waals surface area contributed by atoms with E-state index in [1.54, 1.807) is 0 Å². The van der Waals surface area contributed by atoms with Crippen molar-refractivity contribution in [3.63, 3.8) is 0 Å². The van der Waals surface area contributed by atoms with E-state index in [9.17, 15) is 22.8 Å². The van der Waals surface area contributed by atoms with E-state index in [2.05, 4.69) is 4.74 Å². The molecule has 4 rings (SSSR count). The third-order valence-electron chi connectivity index (χ3n) is 5.31. The first-order valence-corrected chi connectivity index (χ1v) is 10.0. The summed E-state index contributed by atoms with van der Waals surface area (Å²) in [5, 5.41) is -0.0582. The van der Waals surface area contributed by atoms with Crippen molar-refractivity contribution in [3.8, 4) is 17.2 Å². The van der Waals surface area contributed by atoms with Crippen molar-refractivity contribution in [2.75, 3.05) is 13.8 Å². The molecule has 2 aromatic carbocycles. The summed E-state index contributed by atoms with van der Waals surface area (Å²) in [7, 11) is 1.20. The predicted molar refractivity (Wildman–Crippen MR) is 112 cm³/mol. The quantitative estimate of drug-likeness (QED) is 0.507. The van der Waals surface area contributed by atoms with Crippen LogP contribution in [0.1, 0.15) is 35.5 Å². The molecule has 0 radical (unpaired) electrons. The fraction of sp³-hybridized carbons (Fsp3) is 0.304. The van der Waals surface area contributed by atoms with Crippen LogP contribution < -0.4 is 14.9 Å². The van der Waals surface area contributed by atoms with Gasteiger partial charge in [-0.15, -0.1) is 0 Å². The Morgan fingerprint density at radius 2 is 1.82 bits per heavy atom. The van der Waals surface area contributed by atoms with Gasteiger partial charge in [0, 0.05) is 12.6 Å². The van der Waals surface area contributed by atoms with Crippen molar-refractivity contribution < 1.29 is 36.6 Å². The molecule has 0 bridgehead atoms. The van der Waals surface area contributed by atoms with Crippen molar-refractivity contribution in [2.24, 2.45) is 0 Å². The van der Waals surface area contributed by atoms with Gasteiger partial charge in [0.15, 0.2) is 0 Å². The second kappa shape index (κ2) is 8.43. The lowest BCUT2D eigenvalue weighted by molar-refractivity contribution is -0.154. The van der Waals surface area contributed by atoms with Gasteiger partial charge >= 0.3 is 12.1 Å². The van der Waals surface area contributed by atoms with Crippen LogP contribution in [-0.4, -0.2) is 30.8 Å². The molecule has 0 aliphatic carbocycles. The summed E-state index contributed by atoms with van der Waals surface area (Å²) in [6, 6.07) is 8.11. The number of nitrogens with zero attached hydrogens (tertiary/aromatic N) is 1. The first-order chi connectivity index (χ1) is 15.6. The summed E-state index contributed by atoms with van der Waals surface area (Å²) >= 11 is 0. The van der Waals surface area contributed by atoms with Crippen molar-refractivity contribution in [1.82, 2.24) is 4.90 Å². The number of ether oxygens (including phenoxy) is 3. The average Bonchev–Trinajstić information content (AvgIpc) is 2.79. The van der Waals surface area contributed by atoms with Gasteiger partial charge in [0.1, 0.15) is 23.8 Å². The lowest BCUT2D eigenvalue weighted by atomic mass is 10.1. The lowest BCUT2D eigenvalue weighted by Gasteiger charge is -2.32. The maximum atomic E-state index is 13.9. The van der Waals surface area contributed by atoms with Crippen LogP contribution in [0.25, 0.3) is 11.0 Å². The first kappa shape index (κ1) is 22.7. The van der Waals surface area contributed by atoms with Gasteiger partial charge in [0.2, 0.25) is 11.2 Å². The third kappa shape index (κ3) is 4.25. The molecular formula is C23H20F3NO6. The van der Waals surface area contributed by atoms with Crippen LogP contribution in [0.15, 0.2) is 45.6 Å². The van der Waals surface area contributed by atoms with Gasteiger partial charge in [-0.1, -0.05) is 0 Å². The van der Waals surface area contributed by atoms with Crippen LogP contribution in [0, 0.1) is 0 Å². The highest BCUT2D eigenvalue weighted by atomic mass is 19.4. The summed E-state index contributed by atoms with van der Waals surface area (Å²) in [6.45, 7) is 4.39. The van der Waals surface area contributed by atoms with Gasteiger partial charge in [-0.25, -0.2) is 4.79 Å². The zero-order valence-corrected chi connectivity index (χ0v) is 18.0. The van der Waals surface area contributed by atoms with Crippen LogP contribution in [0.5, 0.6) is 17.2 Å². The van der Waals surface area contributed by atoms with E-state index >= 15 is 0 Å². The van der Waals surface area contributed by atoms with Crippen molar-refractivity contribution >= 4 is 16.9 Å². The second-order valence-electron chi connectivity index (χ2n) is 7.74. The molecule has 3 aromatic rings. The number of methoxy groups -OCH3 is 1. The molecular weight excluding hydrogens is 443 g/mol. The monoisotopic (exact) mass is 463 g/mol. The molecule has 0 fully saturated rings. The highest BCUT2D eigenvalue weighted by Crippen LogP contribution is 2.41. The summed E-state index contributed by atoms with van der Waals surface area (Å²) in [5.74, 6) is -2.87. The molecule has 33 heavy (non-hydrogen) atoms. The van der Waals surface area contributed by atoms with Crippen molar-refractivity contribution in [3.05, 3.63) is 63.5 Å². The van der Waals surface area contributed by atoms with Gasteiger partial charge < -0.3 is 18.6 Å². The van der Waals surface area contributed by atoms with E-state index in [-0.39, 0.29) is 41.6 Å². The van der Waals surface area contributed by atoms with Crippen molar-refractivity contribution in [2.45, 2.75) is 32.6 Å². The van der Waals surface area contributed by atoms with Gasteiger partial charge in [0.25, 0.3) is 5.76 Å². The largest absolute Gasteiger partial charge is 0.478 e. The molecule has 1 aliphatic heterocycles. The molecule has 10 heteroatoms. The lowest BCUT2D eigenvalue weighted by Crippen LogP contribution is -2.37. The van der Waals surface area contributed by atoms with Gasteiger partial charge in [-0.05, 0) is 50.2 Å². The molecule has 1 aromatic heterocycles. The van der Waals surface area contributed by atoms with Gasteiger partial charge in [0.05, 0.1) is 23.6 Å². The Morgan fingerprint density at radius 1 is 1.12 bits per heavy atom. The molecule has 2 heterocycles. The Kier molecular flexibility index (Phi) is 5.79. The smallest absolute Gasteiger partial charge is 0.453 e. The molecule has 7 nitrogen and oxygen atoms in total. The Hall–Kier alpha value is -3.53. The molecule has 0 saturated heterocycles. The number of fused-ring (bicyclic) bond motifs is 3. The molecule has 0 atom stereocenters. The number of alkyl halides is 3. The minimum atomic E-state index is -5.00. The Labute approximate surface area is 186 Å². The fourth-order valence-corrected chi connectivity index (χ4v) is 3.47. The predicted octanol–water partition coefficient (Wildman–Crippen LogP) is 4.95. The molecule has 0 amide bonds. The molecule has 0 saturated carbocycles.